The number of alkyl halides is 6. The van der Waals surface area contributed by atoms with Crippen molar-refractivity contribution in [3.05, 3.63) is 71.4 Å². The summed E-state index contributed by atoms with van der Waals surface area (Å²) >= 11 is 0. The van der Waals surface area contributed by atoms with Crippen LogP contribution >= 0.6 is 0 Å². The molecule has 0 amide bonds. The van der Waals surface area contributed by atoms with E-state index in [9.17, 15) is 26.3 Å². The average Bonchev–Trinajstić information content (AvgIpc) is 3.40. The summed E-state index contributed by atoms with van der Waals surface area (Å²) in [7, 11) is 0. The van der Waals surface area contributed by atoms with E-state index in [2.05, 4.69) is 9.97 Å². The highest BCUT2D eigenvalue weighted by Gasteiger charge is 2.36. The van der Waals surface area contributed by atoms with Gasteiger partial charge < -0.3 is 13.6 Å². The lowest BCUT2D eigenvalue weighted by atomic mass is 10.1. The topological polar surface area (TPSA) is 61.3 Å². The molecule has 2 aromatic heterocycles. The van der Waals surface area contributed by atoms with E-state index in [0.717, 1.165) is 0 Å². The number of nitrogens with zero attached hydrogens (tertiary/aromatic N) is 2. The molecular formula is C22H14F6N2O3. The Morgan fingerprint density at radius 1 is 0.667 bits per heavy atom. The molecule has 0 unspecified atom stereocenters. The van der Waals surface area contributed by atoms with E-state index in [0.29, 0.717) is 46.3 Å². The zero-order valence-corrected chi connectivity index (χ0v) is 17.0. The fourth-order valence-corrected chi connectivity index (χ4v) is 3.09. The average molecular weight is 468 g/mol. The molecule has 0 N–H and O–H groups in total. The molecule has 0 fully saturated rings. The first-order chi connectivity index (χ1) is 15.4. The molecule has 2 heterocycles. The van der Waals surface area contributed by atoms with Crippen LogP contribution in [0.25, 0.3) is 22.9 Å². The maximum atomic E-state index is 12.9. The smallest absolute Gasteiger partial charge is 0.436 e. The number of oxazole rings is 2. The third-order valence-corrected chi connectivity index (χ3v) is 4.84. The summed E-state index contributed by atoms with van der Waals surface area (Å²) in [6.45, 7) is 3.23. The molecule has 4 rings (SSSR count). The molecule has 5 nitrogen and oxygen atoms in total. The van der Waals surface area contributed by atoms with E-state index in [4.69, 9.17) is 13.6 Å². The van der Waals surface area contributed by atoms with Crippen LogP contribution in [0.2, 0.25) is 0 Å². The van der Waals surface area contributed by atoms with Gasteiger partial charge in [0.05, 0.1) is 0 Å². The van der Waals surface area contributed by atoms with Crippen LogP contribution in [-0.4, -0.2) is 9.97 Å². The van der Waals surface area contributed by atoms with Crippen molar-refractivity contribution in [2.24, 2.45) is 0 Å². The number of ether oxygens (including phenoxy) is 1. The van der Waals surface area contributed by atoms with Crippen LogP contribution in [-0.2, 0) is 12.4 Å². The highest BCUT2D eigenvalue weighted by molar-refractivity contribution is 5.65. The highest BCUT2D eigenvalue weighted by Crippen LogP contribution is 2.38. The lowest BCUT2D eigenvalue weighted by Gasteiger charge is -2.14. The minimum absolute atomic E-state index is 0.227. The number of rotatable bonds is 4. The van der Waals surface area contributed by atoms with Crippen LogP contribution in [0.5, 0.6) is 11.5 Å². The number of aromatic nitrogens is 2. The second-order valence-electron chi connectivity index (χ2n) is 7.03. The summed E-state index contributed by atoms with van der Waals surface area (Å²) in [5, 5.41) is 0. The zero-order valence-electron chi connectivity index (χ0n) is 17.0. The maximum Gasteiger partial charge on any atom is 0.436 e. The molecule has 0 atom stereocenters. The van der Waals surface area contributed by atoms with Gasteiger partial charge in [-0.05, 0) is 38.1 Å². The van der Waals surface area contributed by atoms with Gasteiger partial charge in [0.15, 0.2) is 11.4 Å². The van der Waals surface area contributed by atoms with Gasteiger partial charge in [-0.1, -0.05) is 12.1 Å². The molecule has 0 aliphatic heterocycles. The van der Waals surface area contributed by atoms with Crippen molar-refractivity contribution >= 4 is 0 Å². The van der Waals surface area contributed by atoms with Gasteiger partial charge in [-0.25, -0.2) is 9.97 Å². The second-order valence-corrected chi connectivity index (χ2v) is 7.03. The van der Waals surface area contributed by atoms with Crippen molar-refractivity contribution in [2.75, 3.05) is 0 Å². The summed E-state index contributed by atoms with van der Waals surface area (Å²) in [6.07, 6.45) is -8.23. The normalized spacial score (nSPS) is 12.2. The van der Waals surface area contributed by atoms with Crippen molar-refractivity contribution in [1.29, 1.82) is 0 Å². The zero-order chi connectivity index (χ0) is 24.0. The van der Waals surface area contributed by atoms with Gasteiger partial charge in [-0.15, -0.1) is 0 Å². The van der Waals surface area contributed by atoms with Crippen LogP contribution in [0.4, 0.5) is 26.3 Å². The molecule has 11 heteroatoms. The van der Waals surface area contributed by atoms with E-state index < -0.39 is 23.7 Å². The van der Waals surface area contributed by atoms with Gasteiger partial charge in [0.2, 0.25) is 11.8 Å². The van der Waals surface area contributed by atoms with Crippen molar-refractivity contribution in [3.8, 4) is 34.4 Å². The molecule has 0 saturated heterocycles. The van der Waals surface area contributed by atoms with Crippen molar-refractivity contribution < 1.29 is 39.9 Å². The summed E-state index contributed by atoms with van der Waals surface area (Å²) < 4.78 is 93.0. The third kappa shape index (κ3) is 4.43. The predicted molar refractivity (Wildman–Crippen MR) is 103 cm³/mol. The first kappa shape index (κ1) is 22.4. The summed E-state index contributed by atoms with van der Waals surface area (Å²) in [4.78, 5) is 6.99. The van der Waals surface area contributed by atoms with Gasteiger partial charge in [0, 0.05) is 22.3 Å². The summed E-state index contributed by atoms with van der Waals surface area (Å²) in [5.74, 6) is 0.135. The molecule has 0 aliphatic carbocycles. The molecule has 33 heavy (non-hydrogen) atoms. The molecule has 0 radical (unpaired) electrons. The SMILES string of the molecule is Cc1c(Oc2cccc(-c3nc(C(F)(F)F)co3)c2C)cccc1-c1nc(C(F)(F)F)co1. The van der Waals surface area contributed by atoms with Gasteiger partial charge in [-0.3, -0.25) is 0 Å². The van der Waals surface area contributed by atoms with Crippen LogP contribution in [0, 0.1) is 13.8 Å². The first-order valence-corrected chi connectivity index (χ1v) is 9.38. The van der Waals surface area contributed by atoms with E-state index in [1.54, 1.807) is 38.1 Å². The molecular weight excluding hydrogens is 454 g/mol. The predicted octanol–water partition coefficient (Wildman–Crippen LogP) is 7.44. The highest BCUT2D eigenvalue weighted by atomic mass is 19.4. The van der Waals surface area contributed by atoms with E-state index in [1.165, 1.54) is 12.1 Å². The minimum atomic E-state index is -4.65. The van der Waals surface area contributed by atoms with Crippen molar-refractivity contribution in [3.63, 3.8) is 0 Å². The molecule has 172 valence electrons. The summed E-state index contributed by atoms with van der Waals surface area (Å²) in [6, 6.07) is 9.35. The Bertz CT molecular complexity index is 1200. The van der Waals surface area contributed by atoms with Gasteiger partial charge in [-0.2, -0.15) is 26.3 Å². The van der Waals surface area contributed by atoms with Crippen LogP contribution in [0.15, 0.2) is 57.8 Å². The summed E-state index contributed by atoms with van der Waals surface area (Å²) in [5.41, 5.74) is -0.827. The number of benzene rings is 2. The Kier molecular flexibility index (Phi) is 5.43. The van der Waals surface area contributed by atoms with Crippen LogP contribution in [0.3, 0.4) is 0 Å². The lowest BCUT2D eigenvalue weighted by Crippen LogP contribution is -2.05. The molecule has 0 bridgehead atoms. The van der Waals surface area contributed by atoms with Crippen molar-refractivity contribution in [2.45, 2.75) is 26.2 Å². The van der Waals surface area contributed by atoms with Crippen LogP contribution < -0.4 is 4.74 Å². The largest absolute Gasteiger partial charge is 0.457 e. The fourth-order valence-electron chi connectivity index (χ4n) is 3.09. The number of hydrogen-bond acceptors (Lipinski definition) is 5. The Labute approximate surface area is 182 Å². The second kappa shape index (κ2) is 7.98. The molecule has 4 aromatic rings. The molecule has 2 aromatic carbocycles. The standard InChI is InChI=1S/C22H14F6N2O3/c1-11-13(19-29-17(9-31-19)21(23,24)25)5-3-7-15(11)33-16-8-4-6-14(12(16)2)20-30-18(10-32-20)22(26,27)28/h3-10H,1-2H3. The molecule has 0 spiro atoms. The quantitative estimate of drug-likeness (QED) is 0.291. The molecule has 0 saturated carbocycles. The lowest BCUT2D eigenvalue weighted by molar-refractivity contribution is -0.142. The Morgan fingerprint density at radius 2 is 1.06 bits per heavy atom. The van der Waals surface area contributed by atoms with Gasteiger partial charge in [0.25, 0.3) is 0 Å². The minimum Gasteiger partial charge on any atom is -0.457 e. The number of halogens is 6. The Hall–Kier alpha value is -3.76. The Balaban J connectivity index is 1.67. The monoisotopic (exact) mass is 468 g/mol. The fraction of sp³-hybridized carbons (Fsp3) is 0.182. The van der Waals surface area contributed by atoms with Gasteiger partial charge >= 0.3 is 12.4 Å². The van der Waals surface area contributed by atoms with E-state index in [1.807, 2.05) is 0 Å². The number of hydrogen-bond donors (Lipinski definition) is 0. The van der Waals surface area contributed by atoms with Crippen molar-refractivity contribution in [1.82, 2.24) is 9.97 Å². The van der Waals surface area contributed by atoms with E-state index in [-0.39, 0.29) is 11.8 Å². The van der Waals surface area contributed by atoms with Gasteiger partial charge in [0.1, 0.15) is 24.0 Å². The van der Waals surface area contributed by atoms with E-state index >= 15 is 0 Å². The Morgan fingerprint density at radius 3 is 1.39 bits per heavy atom. The first-order valence-electron chi connectivity index (χ1n) is 9.38. The third-order valence-electron chi connectivity index (χ3n) is 4.84. The maximum absolute atomic E-state index is 12.9. The molecule has 0 aliphatic rings. The van der Waals surface area contributed by atoms with Crippen LogP contribution in [0.1, 0.15) is 22.5 Å².